The van der Waals surface area contributed by atoms with Gasteiger partial charge in [-0.15, -0.1) is 0 Å². The molecule has 1 fully saturated rings. The zero-order chi connectivity index (χ0) is 14.7. The number of hydrogen-bond acceptors (Lipinski definition) is 3. The lowest BCUT2D eigenvalue weighted by atomic mass is 10.2. The van der Waals surface area contributed by atoms with E-state index in [-0.39, 0.29) is 5.91 Å². The van der Waals surface area contributed by atoms with E-state index >= 15 is 0 Å². The smallest absolute Gasteiger partial charge is 0.224 e. The lowest BCUT2D eigenvalue weighted by Crippen LogP contribution is -2.28. The van der Waals surface area contributed by atoms with Crippen LogP contribution < -0.4 is 0 Å². The summed E-state index contributed by atoms with van der Waals surface area (Å²) in [6.45, 7) is 2.34. The molecule has 2 heterocycles. The van der Waals surface area contributed by atoms with E-state index in [9.17, 15) is 4.79 Å². The van der Waals surface area contributed by atoms with Crippen LogP contribution in [0.3, 0.4) is 0 Å². The van der Waals surface area contributed by atoms with E-state index < -0.39 is 0 Å². The van der Waals surface area contributed by atoms with Gasteiger partial charge in [0.1, 0.15) is 0 Å². The Morgan fingerprint density at radius 3 is 2.67 bits per heavy atom. The fourth-order valence-electron chi connectivity index (χ4n) is 2.66. The molecule has 21 heavy (non-hydrogen) atoms. The molecule has 0 unspecified atom stereocenters. The first-order valence-electron chi connectivity index (χ1n) is 7.24. The molecule has 0 aliphatic carbocycles. The highest BCUT2D eigenvalue weighted by molar-refractivity contribution is 7.71. The molecule has 0 radical (unpaired) electrons. The van der Waals surface area contributed by atoms with E-state index in [2.05, 4.69) is 10.2 Å². The van der Waals surface area contributed by atoms with Gasteiger partial charge in [0.2, 0.25) is 5.91 Å². The number of amides is 1. The number of benzene rings is 1. The van der Waals surface area contributed by atoms with E-state index in [1.807, 2.05) is 39.8 Å². The molecule has 1 aliphatic rings. The molecule has 1 aliphatic heterocycles. The number of rotatable bonds is 4. The van der Waals surface area contributed by atoms with Crippen LogP contribution in [0.5, 0.6) is 0 Å². The molecule has 0 bridgehead atoms. The average molecular weight is 302 g/mol. The quantitative estimate of drug-likeness (QED) is 0.883. The summed E-state index contributed by atoms with van der Waals surface area (Å²) in [6.07, 6.45) is 2.70. The molecule has 110 valence electrons. The van der Waals surface area contributed by atoms with Gasteiger partial charge in [-0.25, -0.2) is 0 Å². The summed E-state index contributed by atoms with van der Waals surface area (Å²) in [6, 6.07) is 9.87. The Morgan fingerprint density at radius 1 is 1.24 bits per heavy atom. The molecule has 0 saturated carbocycles. The molecule has 0 spiro atoms. The number of aromatic nitrogens is 3. The Kier molecular flexibility index (Phi) is 4.15. The van der Waals surface area contributed by atoms with Crippen LogP contribution in [0.25, 0.3) is 11.4 Å². The summed E-state index contributed by atoms with van der Waals surface area (Å²) >= 11 is 5.28. The van der Waals surface area contributed by atoms with Crippen molar-refractivity contribution in [3.05, 3.63) is 35.1 Å². The molecule has 0 atom stereocenters. The van der Waals surface area contributed by atoms with Gasteiger partial charge in [-0.2, -0.15) is 5.10 Å². The second-order valence-electron chi connectivity index (χ2n) is 5.21. The van der Waals surface area contributed by atoms with Gasteiger partial charge in [0.25, 0.3) is 0 Å². The van der Waals surface area contributed by atoms with Crippen molar-refractivity contribution in [3.8, 4) is 11.4 Å². The van der Waals surface area contributed by atoms with E-state index in [0.29, 0.717) is 17.7 Å². The number of aromatic amines is 1. The van der Waals surface area contributed by atoms with Crippen molar-refractivity contribution in [2.45, 2.75) is 25.8 Å². The normalized spacial score (nSPS) is 14.6. The summed E-state index contributed by atoms with van der Waals surface area (Å²) in [5.41, 5.74) is 0.999. The van der Waals surface area contributed by atoms with Crippen LogP contribution in [0.4, 0.5) is 0 Å². The standard InChI is InChI=1S/C15H18N4OS/c20-13(18-9-4-5-10-18)8-11-19-14(16-17-15(19)21)12-6-2-1-3-7-12/h1-3,6-7H,4-5,8-11H2,(H,17,21). The Labute approximate surface area is 128 Å². The fourth-order valence-corrected chi connectivity index (χ4v) is 2.89. The van der Waals surface area contributed by atoms with Gasteiger partial charge in [0.15, 0.2) is 10.6 Å². The van der Waals surface area contributed by atoms with Gasteiger partial charge in [-0.3, -0.25) is 14.5 Å². The monoisotopic (exact) mass is 302 g/mol. The topological polar surface area (TPSA) is 53.9 Å². The van der Waals surface area contributed by atoms with Gasteiger partial charge in [0.05, 0.1) is 0 Å². The summed E-state index contributed by atoms with van der Waals surface area (Å²) in [7, 11) is 0. The zero-order valence-corrected chi connectivity index (χ0v) is 12.6. The highest BCUT2D eigenvalue weighted by Crippen LogP contribution is 2.17. The van der Waals surface area contributed by atoms with Crippen LogP contribution in [0.1, 0.15) is 19.3 Å². The van der Waals surface area contributed by atoms with Crippen LogP contribution in [-0.4, -0.2) is 38.7 Å². The Hall–Kier alpha value is -1.95. The number of nitrogens with one attached hydrogen (secondary N) is 1. The lowest BCUT2D eigenvalue weighted by molar-refractivity contribution is -0.130. The summed E-state index contributed by atoms with van der Waals surface area (Å²) in [5, 5.41) is 7.10. The molecule has 3 rings (SSSR count). The van der Waals surface area contributed by atoms with E-state index in [4.69, 9.17) is 12.2 Å². The Balaban J connectivity index is 1.75. The summed E-state index contributed by atoms with van der Waals surface area (Å²) in [4.78, 5) is 14.1. The largest absolute Gasteiger partial charge is 0.343 e. The second-order valence-corrected chi connectivity index (χ2v) is 5.59. The number of hydrogen-bond donors (Lipinski definition) is 1. The number of carbonyl (C=O) groups is 1. The Bertz CT molecular complexity index is 670. The van der Waals surface area contributed by atoms with Crippen molar-refractivity contribution < 1.29 is 4.79 Å². The predicted octanol–water partition coefficient (Wildman–Crippen LogP) is 2.62. The maximum absolute atomic E-state index is 12.1. The lowest BCUT2D eigenvalue weighted by Gasteiger charge is -2.15. The summed E-state index contributed by atoms with van der Waals surface area (Å²) in [5.74, 6) is 0.990. The third-order valence-electron chi connectivity index (χ3n) is 3.80. The minimum atomic E-state index is 0.203. The molecular formula is C15H18N4OS. The highest BCUT2D eigenvalue weighted by atomic mass is 32.1. The maximum atomic E-state index is 12.1. The van der Waals surface area contributed by atoms with Crippen molar-refractivity contribution in [1.29, 1.82) is 0 Å². The van der Waals surface area contributed by atoms with E-state index in [0.717, 1.165) is 37.3 Å². The van der Waals surface area contributed by atoms with Crippen molar-refractivity contribution in [1.82, 2.24) is 19.7 Å². The van der Waals surface area contributed by atoms with E-state index in [1.165, 1.54) is 0 Å². The molecule has 1 N–H and O–H groups in total. The SMILES string of the molecule is O=C(CCn1c(-c2ccccc2)n[nH]c1=S)N1CCCC1. The van der Waals surface area contributed by atoms with Crippen molar-refractivity contribution in [3.63, 3.8) is 0 Å². The molecule has 6 heteroatoms. The fraction of sp³-hybridized carbons (Fsp3) is 0.400. The second kappa shape index (κ2) is 6.22. The van der Waals surface area contributed by atoms with Gasteiger partial charge >= 0.3 is 0 Å². The zero-order valence-electron chi connectivity index (χ0n) is 11.8. The molecule has 1 amide bonds. The van der Waals surface area contributed by atoms with Gasteiger partial charge in [0, 0.05) is 31.6 Å². The molecule has 1 aromatic carbocycles. The molecule has 5 nitrogen and oxygen atoms in total. The van der Waals surface area contributed by atoms with Gasteiger partial charge < -0.3 is 4.90 Å². The van der Waals surface area contributed by atoms with Crippen LogP contribution in [-0.2, 0) is 11.3 Å². The van der Waals surface area contributed by atoms with Crippen LogP contribution in [0.2, 0.25) is 0 Å². The van der Waals surface area contributed by atoms with Crippen LogP contribution in [0, 0.1) is 4.77 Å². The maximum Gasteiger partial charge on any atom is 0.224 e. The molecule has 1 saturated heterocycles. The highest BCUT2D eigenvalue weighted by Gasteiger charge is 2.18. The minimum Gasteiger partial charge on any atom is -0.343 e. The third kappa shape index (κ3) is 3.05. The van der Waals surface area contributed by atoms with Crippen molar-refractivity contribution in [2.75, 3.05) is 13.1 Å². The molecule has 2 aromatic rings. The van der Waals surface area contributed by atoms with Crippen molar-refractivity contribution >= 4 is 18.1 Å². The first-order valence-corrected chi connectivity index (χ1v) is 7.65. The molecule has 1 aromatic heterocycles. The molecular weight excluding hydrogens is 284 g/mol. The summed E-state index contributed by atoms with van der Waals surface area (Å²) < 4.78 is 2.46. The number of nitrogens with zero attached hydrogens (tertiary/aromatic N) is 3. The predicted molar refractivity (Wildman–Crippen MR) is 83.3 cm³/mol. The Morgan fingerprint density at radius 2 is 1.95 bits per heavy atom. The number of carbonyl (C=O) groups excluding carboxylic acids is 1. The van der Waals surface area contributed by atoms with Gasteiger partial charge in [-0.1, -0.05) is 30.3 Å². The average Bonchev–Trinajstić information content (AvgIpc) is 3.16. The van der Waals surface area contributed by atoms with Crippen LogP contribution >= 0.6 is 12.2 Å². The first kappa shape index (κ1) is 14.0. The third-order valence-corrected chi connectivity index (χ3v) is 4.11. The van der Waals surface area contributed by atoms with Crippen molar-refractivity contribution in [2.24, 2.45) is 0 Å². The first-order chi connectivity index (χ1) is 10.3. The van der Waals surface area contributed by atoms with Crippen LogP contribution in [0.15, 0.2) is 30.3 Å². The van der Waals surface area contributed by atoms with Gasteiger partial charge in [-0.05, 0) is 25.1 Å². The van der Waals surface area contributed by atoms with E-state index in [1.54, 1.807) is 0 Å². The number of likely N-dealkylation sites (tertiary alicyclic amines) is 1. The number of H-pyrrole nitrogens is 1. The minimum absolute atomic E-state index is 0.203.